The van der Waals surface area contributed by atoms with E-state index in [2.05, 4.69) is 5.32 Å². The number of hydrogen-bond donors (Lipinski definition) is 2. The first-order valence-corrected chi connectivity index (χ1v) is 18.5. The van der Waals surface area contributed by atoms with Gasteiger partial charge >= 0.3 is 0 Å². The van der Waals surface area contributed by atoms with E-state index in [0.29, 0.717) is 36.3 Å². The zero-order chi connectivity index (χ0) is 35.0. The first kappa shape index (κ1) is 36.9. The lowest BCUT2D eigenvalue weighted by atomic mass is 9.82. The predicted octanol–water partition coefficient (Wildman–Crippen LogP) is 9.67. The average Bonchev–Trinajstić information content (AvgIpc) is 3.13. The molecule has 3 atom stereocenters. The number of para-hydroxylation sites is 1. The summed E-state index contributed by atoms with van der Waals surface area (Å²) in [6.07, 6.45) is 10.2. The maximum atomic E-state index is 13.8. The lowest BCUT2D eigenvalue weighted by Crippen LogP contribution is -2.46. The zero-order valence-corrected chi connectivity index (χ0v) is 29.5. The summed E-state index contributed by atoms with van der Waals surface area (Å²) in [4.78, 5) is 27.0. The molecular weight excluding hydrogens is 622 g/mol. The molecule has 6 heteroatoms. The molecule has 0 aromatic heterocycles. The summed E-state index contributed by atoms with van der Waals surface area (Å²) < 4.78 is 11.8. The maximum absolute atomic E-state index is 13.8. The third-order valence-electron chi connectivity index (χ3n) is 9.86. The van der Waals surface area contributed by atoms with E-state index in [1.54, 1.807) is 0 Å². The van der Waals surface area contributed by atoms with Gasteiger partial charge in [0.05, 0.1) is 25.2 Å². The molecule has 1 saturated carbocycles. The van der Waals surface area contributed by atoms with Crippen molar-refractivity contribution in [2.75, 3.05) is 6.61 Å². The minimum Gasteiger partial charge on any atom is -0.493 e. The number of aryl methyl sites for hydroxylation is 1. The van der Waals surface area contributed by atoms with E-state index in [-0.39, 0.29) is 30.6 Å². The third-order valence-corrected chi connectivity index (χ3v) is 9.86. The quantitative estimate of drug-likeness (QED) is 0.0967. The number of carbonyl (C=O) groups excluding carboxylic acids is 2. The number of ketones is 1. The Morgan fingerprint density at radius 2 is 1.52 bits per heavy atom. The van der Waals surface area contributed by atoms with Gasteiger partial charge in [0.15, 0.2) is 5.78 Å². The lowest BCUT2D eigenvalue weighted by Gasteiger charge is -2.28. The molecule has 0 unspecified atom stereocenters. The van der Waals surface area contributed by atoms with Crippen LogP contribution < -0.4 is 14.8 Å². The number of rotatable bonds is 19. The summed E-state index contributed by atoms with van der Waals surface area (Å²) in [5.74, 6) is 2.65. The molecule has 5 rings (SSSR count). The van der Waals surface area contributed by atoms with E-state index in [1.165, 1.54) is 32.1 Å². The highest BCUT2D eigenvalue weighted by molar-refractivity contribution is 5.96. The molecule has 0 saturated heterocycles. The smallest absolute Gasteiger partial charge is 0.223 e. The number of Topliss-reactive ketones (excluding diaryl/α,β-unsaturated/α-hetero) is 1. The Morgan fingerprint density at radius 1 is 0.820 bits per heavy atom. The van der Waals surface area contributed by atoms with Crippen LogP contribution in [0.4, 0.5) is 0 Å². The van der Waals surface area contributed by atoms with Crippen LogP contribution in [0.1, 0.15) is 92.1 Å². The second kappa shape index (κ2) is 19.7. The fourth-order valence-corrected chi connectivity index (χ4v) is 7.04. The first-order valence-electron chi connectivity index (χ1n) is 18.5. The molecule has 50 heavy (non-hydrogen) atoms. The Labute approximate surface area is 298 Å². The molecule has 1 fully saturated rings. The molecule has 4 aromatic rings. The monoisotopic (exact) mass is 675 g/mol. The highest BCUT2D eigenvalue weighted by Gasteiger charge is 2.27. The van der Waals surface area contributed by atoms with Crippen molar-refractivity contribution in [3.05, 3.63) is 126 Å². The molecule has 0 spiro atoms. The fourth-order valence-electron chi connectivity index (χ4n) is 7.04. The van der Waals surface area contributed by atoms with Gasteiger partial charge < -0.3 is 19.9 Å². The summed E-state index contributed by atoms with van der Waals surface area (Å²) in [5.41, 5.74) is 2.79. The molecule has 1 aliphatic rings. The molecule has 2 N–H and O–H groups in total. The molecule has 0 radical (unpaired) electrons. The SMILES string of the molecule is Cc1ccc(OCCC(=O)N[C@@H](Cc2ccccc2)[C@@H](O)C[C@H](CCCC2CCCCC2)CC(=O)c2cccc(Oc3ccccc3)c2)cc1. The summed E-state index contributed by atoms with van der Waals surface area (Å²) in [7, 11) is 0. The minimum absolute atomic E-state index is 0.0279. The van der Waals surface area contributed by atoms with Gasteiger partial charge in [-0.05, 0) is 80.0 Å². The van der Waals surface area contributed by atoms with E-state index in [9.17, 15) is 14.7 Å². The molecule has 0 bridgehead atoms. The molecular formula is C44H53NO5. The second-order valence-electron chi connectivity index (χ2n) is 13.9. The van der Waals surface area contributed by atoms with Crippen molar-refractivity contribution in [2.24, 2.45) is 11.8 Å². The maximum Gasteiger partial charge on any atom is 0.223 e. The molecule has 1 aliphatic carbocycles. The Balaban J connectivity index is 1.25. The van der Waals surface area contributed by atoms with Crippen LogP contribution in [0.3, 0.4) is 0 Å². The number of amides is 1. The van der Waals surface area contributed by atoms with E-state index >= 15 is 0 Å². The van der Waals surface area contributed by atoms with Crippen molar-refractivity contribution in [1.82, 2.24) is 5.32 Å². The minimum atomic E-state index is -0.822. The van der Waals surface area contributed by atoms with Crippen molar-refractivity contribution in [3.63, 3.8) is 0 Å². The van der Waals surface area contributed by atoms with E-state index < -0.39 is 12.1 Å². The van der Waals surface area contributed by atoms with Crippen LogP contribution >= 0.6 is 0 Å². The van der Waals surface area contributed by atoms with Gasteiger partial charge in [-0.15, -0.1) is 0 Å². The average molecular weight is 676 g/mol. The second-order valence-corrected chi connectivity index (χ2v) is 13.9. The number of aliphatic hydroxyl groups is 1. The Hall–Kier alpha value is -4.42. The molecule has 0 heterocycles. The van der Waals surface area contributed by atoms with E-state index in [4.69, 9.17) is 9.47 Å². The molecule has 264 valence electrons. The third kappa shape index (κ3) is 12.5. The number of aliphatic hydroxyl groups excluding tert-OH is 1. The van der Waals surface area contributed by atoms with E-state index in [1.807, 2.05) is 116 Å². The summed E-state index contributed by atoms with van der Waals surface area (Å²) >= 11 is 0. The van der Waals surface area contributed by atoms with Crippen LogP contribution in [0.2, 0.25) is 0 Å². The predicted molar refractivity (Wildman–Crippen MR) is 200 cm³/mol. The Bertz CT molecular complexity index is 1580. The summed E-state index contributed by atoms with van der Waals surface area (Å²) in [6, 6.07) is 34.1. The topological polar surface area (TPSA) is 84.9 Å². The molecule has 6 nitrogen and oxygen atoms in total. The van der Waals surface area contributed by atoms with Crippen molar-refractivity contribution in [2.45, 2.75) is 96.1 Å². The van der Waals surface area contributed by atoms with Crippen LogP contribution in [0.5, 0.6) is 17.2 Å². The largest absolute Gasteiger partial charge is 0.493 e. The molecule has 1 amide bonds. The van der Waals surface area contributed by atoms with E-state index in [0.717, 1.165) is 42.1 Å². The number of benzene rings is 4. The van der Waals surface area contributed by atoms with Gasteiger partial charge in [-0.1, -0.05) is 123 Å². The summed E-state index contributed by atoms with van der Waals surface area (Å²) in [5, 5.41) is 14.9. The van der Waals surface area contributed by atoms with Gasteiger partial charge in [0, 0.05) is 12.0 Å². The van der Waals surface area contributed by atoms with Gasteiger partial charge in [0.2, 0.25) is 5.91 Å². The van der Waals surface area contributed by atoms with Crippen LogP contribution in [-0.2, 0) is 11.2 Å². The van der Waals surface area contributed by atoms with Gasteiger partial charge in [0.1, 0.15) is 17.2 Å². The fraction of sp³-hybridized carbons (Fsp3) is 0.409. The Kier molecular flexibility index (Phi) is 14.5. The molecule has 4 aromatic carbocycles. The van der Waals surface area contributed by atoms with Crippen LogP contribution in [0.15, 0.2) is 109 Å². The lowest BCUT2D eigenvalue weighted by molar-refractivity contribution is -0.123. The standard InChI is InChI=1S/C44H53NO5/c1-33-23-25-38(26-24-33)49-28-27-44(48)45-41(29-35-15-7-3-8-16-35)43(47)31-36(18-11-17-34-13-5-2-6-14-34)30-42(46)37-19-12-22-40(32-37)50-39-20-9-4-10-21-39/h3-4,7-10,12,15-16,19-26,32,34,36,41,43,47H,2,5-6,11,13-14,17-18,27-31H2,1H3,(H,45,48)/t36-,41+,43+/m1/s1. The number of nitrogens with one attached hydrogen (secondary N) is 1. The van der Waals surface area contributed by atoms with Crippen LogP contribution in [0, 0.1) is 18.8 Å². The van der Waals surface area contributed by atoms with Gasteiger partial charge in [-0.3, -0.25) is 9.59 Å². The van der Waals surface area contributed by atoms with Gasteiger partial charge in [-0.2, -0.15) is 0 Å². The highest BCUT2D eigenvalue weighted by Crippen LogP contribution is 2.31. The van der Waals surface area contributed by atoms with Crippen molar-refractivity contribution in [3.8, 4) is 17.2 Å². The summed E-state index contributed by atoms with van der Waals surface area (Å²) in [6.45, 7) is 2.26. The highest BCUT2D eigenvalue weighted by atomic mass is 16.5. The van der Waals surface area contributed by atoms with Crippen LogP contribution in [0.25, 0.3) is 0 Å². The van der Waals surface area contributed by atoms with Gasteiger partial charge in [0.25, 0.3) is 0 Å². The van der Waals surface area contributed by atoms with Crippen LogP contribution in [-0.4, -0.2) is 35.5 Å². The molecule has 0 aliphatic heterocycles. The Morgan fingerprint density at radius 3 is 2.26 bits per heavy atom. The normalized spacial score (nSPS) is 15.1. The van der Waals surface area contributed by atoms with Gasteiger partial charge in [-0.25, -0.2) is 0 Å². The van der Waals surface area contributed by atoms with Crippen molar-refractivity contribution >= 4 is 11.7 Å². The van der Waals surface area contributed by atoms with Crippen molar-refractivity contribution < 1.29 is 24.2 Å². The first-order chi connectivity index (χ1) is 24.4. The number of ether oxygens (including phenoxy) is 2. The zero-order valence-electron chi connectivity index (χ0n) is 29.5. The van der Waals surface area contributed by atoms with Crippen molar-refractivity contribution in [1.29, 1.82) is 0 Å². The number of carbonyl (C=O) groups is 2. The number of hydrogen-bond acceptors (Lipinski definition) is 5.